The van der Waals surface area contributed by atoms with Crippen LogP contribution >= 0.6 is 0 Å². The Kier molecular flexibility index (Phi) is 3.13. The maximum atomic E-state index is 12.0. The van der Waals surface area contributed by atoms with Crippen molar-refractivity contribution in [2.24, 2.45) is 34.2 Å². The molecule has 4 aliphatic carbocycles. The molecule has 1 N–H and O–H groups in total. The van der Waals surface area contributed by atoms with Gasteiger partial charge in [-0.05, 0) is 87.4 Å². The first kappa shape index (κ1) is 12.6. The van der Waals surface area contributed by atoms with Gasteiger partial charge in [0.05, 0.1) is 7.08 Å². The van der Waals surface area contributed by atoms with E-state index in [0.717, 1.165) is 0 Å². The van der Waals surface area contributed by atoms with Crippen molar-refractivity contribution in [3.05, 3.63) is 11.6 Å². The zero-order valence-corrected chi connectivity index (χ0v) is 16.0. The number of hydrogen-bond donors (Lipinski definition) is 1. The monoisotopic (exact) mass is 375 g/mol. The molecule has 0 radical (unpaired) electrons. The first-order chi connectivity index (χ1) is 15.2. The molecule has 6 atom stereocenters. The predicted molar refractivity (Wildman–Crippen MR) is 104 cm³/mol. The largest absolute Gasteiger partial charge is 0.445 e. The van der Waals surface area contributed by atoms with Gasteiger partial charge in [0.2, 0.25) is 0 Å². The van der Waals surface area contributed by atoms with Crippen molar-refractivity contribution in [2.45, 2.75) is 77.1 Å². The average molecular weight is 376 g/mol. The Hall–Kier alpha value is -1.76. The van der Waals surface area contributed by atoms with Gasteiger partial charge >= 0.3 is 5.97 Å². The van der Waals surface area contributed by atoms with Crippen LogP contribution in [0.15, 0.2) is 16.8 Å². The summed E-state index contributed by atoms with van der Waals surface area (Å²) in [5, 5.41) is 12.4. The van der Waals surface area contributed by atoms with Crippen LogP contribution in [0.25, 0.3) is 0 Å². The molecule has 0 amide bonds. The number of oxime groups is 1. The van der Waals surface area contributed by atoms with Gasteiger partial charge < -0.3 is 9.94 Å². The normalized spacial score (nSPS) is 54.6. The van der Waals surface area contributed by atoms with Crippen LogP contribution in [0.5, 0.6) is 0 Å². The van der Waals surface area contributed by atoms with Gasteiger partial charge in [0, 0.05) is 19.2 Å². The molecule has 0 aromatic carbocycles. The molecule has 0 aromatic rings. The van der Waals surface area contributed by atoms with E-state index in [0.29, 0.717) is 32.1 Å². The molecular weight excluding hydrogens is 338 g/mol. The molecule has 0 unspecified atom stereocenters. The lowest BCUT2D eigenvalue weighted by atomic mass is 9.49. The van der Waals surface area contributed by atoms with Gasteiger partial charge in [0.15, 0.2) is 5.60 Å². The Morgan fingerprint density at radius 2 is 2.26 bits per heavy atom. The molecule has 4 rings (SSSR count). The first-order valence-electron chi connectivity index (χ1n) is 12.9. The lowest BCUT2D eigenvalue weighted by molar-refractivity contribution is -0.170. The van der Waals surface area contributed by atoms with Crippen LogP contribution in [0.2, 0.25) is 0 Å². The van der Waals surface area contributed by atoms with Gasteiger partial charge in [-0.2, -0.15) is 0 Å². The summed E-state index contributed by atoms with van der Waals surface area (Å²) < 4.78 is 58.1. The van der Waals surface area contributed by atoms with Crippen LogP contribution in [0.3, 0.4) is 0 Å². The van der Waals surface area contributed by atoms with Gasteiger partial charge in [-0.25, -0.2) is 0 Å². The summed E-state index contributed by atoms with van der Waals surface area (Å²) in [4.78, 5) is 12.0. The molecule has 27 heavy (non-hydrogen) atoms. The fraction of sp³-hybridized carbons (Fsp3) is 0.739. The third kappa shape index (κ3) is 2.57. The van der Waals surface area contributed by atoms with E-state index in [1.54, 1.807) is 0 Å². The number of carbonyl (C=O) groups excluding carboxylic acids is 1. The molecule has 3 fully saturated rings. The fourth-order valence-electron chi connectivity index (χ4n) is 6.45. The standard InChI is InChI=1S/C23H31NO3/c1-4-22-12-10-19-18-9-7-17(24-26)14-16(18)6-8-20(19)21(22)11-13-23(22,5-2)27-15(3)25/h2,14,18-21,26H,4,6-13H2,1,3H3/t18-,19+,20+,21-,22-,23-/m0/s1/i6D2,7D2,14D,18D. The number of allylic oxidation sites excluding steroid dienone is 2. The SMILES string of the molecule is [2H]C1=C2C([2H])([2H])C[C@H]3[C@@H]4CC[C@](C#C)(OC(C)=O)[C@@]4(CC)CC[C@@H]3[C@@]2([2H])CC([2H])([2H])C1=NO. The molecule has 0 aliphatic heterocycles. The van der Waals surface area contributed by atoms with Gasteiger partial charge in [0.25, 0.3) is 0 Å². The first-order valence-corrected chi connectivity index (χ1v) is 9.87. The molecule has 0 saturated heterocycles. The number of esters is 1. The van der Waals surface area contributed by atoms with E-state index in [-0.39, 0.29) is 36.2 Å². The number of carbonyl (C=O) groups is 1. The average Bonchev–Trinajstić information content (AvgIpc) is 3.01. The van der Waals surface area contributed by atoms with Crippen molar-refractivity contribution in [1.29, 1.82) is 0 Å². The quantitative estimate of drug-likeness (QED) is 0.329. The van der Waals surface area contributed by atoms with E-state index in [2.05, 4.69) is 11.1 Å². The van der Waals surface area contributed by atoms with Gasteiger partial charge in [0.1, 0.15) is 0 Å². The lowest BCUT2D eigenvalue weighted by Crippen LogP contribution is -2.55. The second-order valence-electron chi connectivity index (χ2n) is 8.24. The van der Waals surface area contributed by atoms with Crippen LogP contribution in [-0.2, 0) is 9.53 Å². The second kappa shape index (κ2) is 6.69. The highest BCUT2D eigenvalue weighted by Gasteiger charge is 2.65. The van der Waals surface area contributed by atoms with Crippen molar-refractivity contribution in [2.75, 3.05) is 0 Å². The Morgan fingerprint density at radius 3 is 2.93 bits per heavy atom. The molecule has 4 nitrogen and oxygen atoms in total. The van der Waals surface area contributed by atoms with Crippen LogP contribution in [0.1, 0.15) is 79.8 Å². The summed E-state index contributed by atoms with van der Waals surface area (Å²) in [7, 11) is 0. The molecular formula is C23H31NO3. The number of hydrogen-bond acceptors (Lipinski definition) is 4. The zero-order valence-electron chi connectivity index (χ0n) is 22.0. The summed E-state index contributed by atoms with van der Waals surface area (Å²) in [6.07, 6.45) is 4.27. The zero-order chi connectivity index (χ0) is 24.6. The summed E-state index contributed by atoms with van der Waals surface area (Å²) >= 11 is 0. The van der Waals surface area contributed by atoms with E-state index in [9.17, 15) is 11.4 Å². The topological polar surface area (TPSA) is 58.9 Å². The van der Waals surface area contributed by atoms with Crippen molar-refractivity contribution in [3.8, 4) is 12.3 Å². The van der Waals surface area contributed by atoms with Gasteiger partial charge in [-0.3, -0.25) is 4.79 Å². The van der Waals surface area contributed by atoms with E-state index >= 15 is 0 Å². The van der Waals surface area contributed by atoms with Crippen LogP contribution in [-0.4, -0.2) is 22.5 Å². The minimum absolute atomic E-state index is 0.0743. The molecule has 4 aliphatic rings. The summed E-state index contributed by atoms with van der Waals surface area (Å²) in [5.74, 6) is -0.0102. The Bertz CT molecular complexity index is 987. The Labute approximate surface area is 170 Å². The highest BCUT2D eigenvalue weighted by atomic mass is 16.6. The van der Waals surface area contributed by atoms with E-state index in [4.69, 9.17) is 18.0 Å². The minimum atomic E-state index is -2.22. The summed E-state index contributed by atoms with van der Waals surface area (Å²) in [6.45, 7) is 3.36. The number of terminal acetylenes is 1. The van der Waals surface area contributed by atoms with Crippen LogP contribution in [0.4, 0.5) is 0 Å². The number of ether oxygens (including phenoxy) is 1. The third-order valence-corrected chi connectivity index (χ3v) is 7.51. The van der Waals surface area contributed by atoms with E-state index in [1.165, 1.54) is 6.92 Å². The summed E-state index contributed by atoms with van der Waals surface area (Å²) in [6, 6.07) is -0.496. The minimum Gasteiger partial charge on any atom is -0.445 e. The highest BCUT2D eigenvalue weighted by Crippen LogP contribution is 2.67. The number of rotatable bonds is 2. The number of fused-ring (bicyclic) bond motifs is 5. The second-order valence-corrected chi connectivity index (χ2v) is 8.24. The van der Waals surface area contributed by atoms with Crippen molar-refractivity contribution >= 4 is 11.7 Å². The van der Waals surface area contributed by atoms with Crippen molar-refractivity contribution in [3.63, 3.8) is 0 Å². The fourth-order valence-corrected chi connectivity index (χ4v) is 6.45. The van der Waals surface area contributed by atoms with Crippen LogP contribution < -0.4 is 0 Å². The summed E-state index contributed by atoms with van der Waals surface area (Å²) in [5.41, 5.74) is -2.19. The van der Waals surface area contributed by atoms with E-state index < -0.39 is 47.4 Å². The molecule has 3 saturated carbocycles. The molecule has 0 heterocycles. The third-order valence-electron chi connectivity index (χ3n) is 7.51. The van der Waals surface area contributed by atoms with Crippen molar-refractivity contribution in [1.82, 2.24) is 0 Å². The van der Waals surface area contributed by atoms with Gasteiger partial charge in [-0.1, -0.05) is 23.6 Å². The predicted octanol–water partition coefficient (Wildman–Crippen LogP) is 4.71. The lowest BCUT2D eigenvalue weighted by Gasteiger charge is -2.56. The highest BCUT2D eigenvalue weighted by molar-refractivity contribution is 5.96. The van der Waals surface area contributed by atoms with Crippen molar-refractivity contribution < 1.29 is 23.0 Å². The Morgan fingerprint density at radius 1 is 1.44 bits per heavy atom. The smallest absolute Gasteiger partial charge is 0.304 e. The maximum Gasteiger partial charge on any atom is 0.304 e. The number of nitrogens with zero attached hydrogens (tertiary/aromatic N) is 1. The van der Waals surface area contributed by atoms with Gasteiger partial charge in [-0.15, -0.1) is 6.42 Å². The molecule has 146 valence electrons. The Balaban J connectivity index is 1.85. The molecule has 4 heteroatoms. The van der Waals surface area contributed by atoms with Crippen LogP contribution in [0, 0.1) is 41.4 Å². The maximum absolute atomic E-state index is 12.0. The molecule has 0 aromatic heterocycles. The molecule has 0 spiro atoms. The van der Waals surface area contributed by atoms with E-state index in [1.807, 2.05) is 6.92 Å². The molecule has 0 bridgehead atoms.